The van der Waals surface area contributed by atoms with Crippen molar-refractivity contribution < 1.29 is 18.3 Å². The van der Waals surface area contributed by atoms with Gasteiger partial charge < -0.3 is 10.4 Å². The van der Waals surface area contributed by atoms with E-state index in [1.807, 2.05) is 30.3 Å². The molecule has 3 aromatic rings. The normalized spacial score (nSPS) is 11.2. The van der Waals surface area contributed by atoms with Crippen molar-refractivity contribution in [2.75, 3.05) is 5.32 Å². The van der Waals surface area contributed by atoms with Crippen molar-refractivity contribution in [2.45, 2.75) is 18.4 Å². The van der Waals surface area contributed by atoms with Crippen LogP contribution in [0.2, 0.25) is 0 Å². The summed E-state index contributed by atoms with van der Waals surface area (Å²) in [6, 6.07) is 19.9. The summed E-state index contributed by atoms with van der Waals surface area (Å²) in [5.41, 5.74) is 1.92. The van der Waals surface area contributed by atoms with E-state index in [0.29, 0.717) is 5.56 Å². The Morgan fingerprint density at radius 1 is 0.964 bits per heavy atom. The average Bonchev–Trinajstić information content (AvgIpc) is 2.69. The van der Waals surface area contributed by atoms with Crippen LogP contribution in [-0.4, -0.2) is 19.4 Å². The predicted octanol–water partition coefficient (Wildman–Crippen LogP) is 3.43. The number of phenolic OH excluding ortho intramolecular Hbond substituents is 1. The van der Waals surface area contributed by atoms with E-state index in [1.165, 1.54) is 18.2 Å². The number of carbonyl (C=O) groups is 1. The molecule has 0 bridgehead atoms. The molecule has 3 rings (SSSR count). The van der Waals surface area contributed by atoms with Gasteiger partial charge in [-0.15, -0.1) is 0 Å². The molecule has 0 aromatic heterocycles. The van der Waals surface area contributed by atoms with E-state index in [0.717, 1.165) is 5.56 Å². The molecule has 0 spiro atoms. The summed E-state index contributed by atoms with van der Waals surface area (Å²) in [6.45, 7) is 1.87. The molecule has 0 aliphatic carbocycles. The number of carbonyl (C=O) groups excluding carboxylic acids is 1. The first kappa shape index (κ1) is 19.6. The number of aromatic hydroxyl groups is 1. The van der Waals surface area contributed by atoms with Gasteiger partial charge in [0.15, 0.2) is 0 Å². The van der Waals surface area contributed by atoms with Gasteiger partial charge in [-0.3, -0.25) is 4.79 Å². The summed E-state index contributed by atoms with van der Waals surface area (Å²) in [6.07, 6.45) is 0. The third kappa shape index (κ3) is 4.57. The Morgan fingerprint density at radius 2 is 1.64 bits per heavy atom. The monoisotopic (exact) mass is 396 g/mol. The summed E-state index contributed by atoms with van der Waals surface area (Å²) < 4.78 is 27.8. The van der Waals surface area contributed by atoms with Gasteiger partial charge in [0.1, 0.15) is 5.75 Å². The van der Waals surface area contributed by atoms with Gasteiger partial charge in [0, 0.05) is 12.1 Å². The van der Waals surface area contributed by atoms with Crippen LogP contribution in [0.4, 0.5) is 5.69 Å². The lowest BCUT2D eigenvalue weighted by Crippen LogP contribution is -2.24. The van der Waals surface area contributed by atoms with Crippen molar-refractivity contribution in [2.24, 2.45) is 0 Å². The maximum atomic E-state index is 12.6. The molecule has 0 aliphatic heterocycles. The number of aryl methyl sites for hydroxylation is 1. The molecule has 6 nitrogen and oxygen atoms in total. The van der Waals surface area contributed by atoms with Gasteiger partial charge in [-0.25, -0.2) is 13.1 Å². The minimum absolute atomic E-state index is 0.00327. The average molecular weight is 396 g/mol. The molecule has 0 atom stereocenters. The molecule has 0 heterocycles. The van der Waals surface area contributed by atoms with Gasteiger partial charge in [-0.2, -0.15) is 0 Å². The zero-order valence-corrected chi connectivity index (χ0v) is 16.0. The van der Waals surface area contributed by atoms with Crippen molar-refractivity contribution in [1.82, 2.24) is 4.72 Å². The van der Waals surface area contributed by atoms with Crippen LogP contribution in [0.15, 0.2) is 77.7 Å². The van der Waals surface area contributed by atoms with Crippen LogP contribution in [0.3, 0.4) is 0 Å². The summed E-state index contributed by atoms with van der Waals surface area (Å²) in [4.78, 5) is 12.6. The SMILES string of the molecule is Cc1ccc(S(=O)(=O)NCc2ccccc2)cc1C(=O)Nc1ccccc1O. The first-order valence-corrected chi connectivity index (χ1v) is 10.1. The quantitative estimate of drug-likeness (QED) is 0.556. The molecule has 1 amide bonds. The summed E-state index contributed by atoms with van der Waals surface area (Å²) in [5, 5.41) is 12.4. The van der Waals surface area contributed by atoms with Crippen LogP contribution in [0.1, 0.15) is 21.5 Å². The molecule has 3 aromatic carbocycles. The number of hydrogen-bond acceptors (Lipinski definition) is 4. The van der Waals surface area contributed by atoms with Crippen molar-refractivity contribution in [3.05, 3.63) is 89.5 Å². The Kier molecular flexibility index (Phi) is 5.77. The summed E-state index contributed by atoms with van der Waals surface area (Å²) in [7, 11) is -3.79. The molecule has 3 N–H and O–H groups in total. The van der Waals surface area contributed by atoms with E-state index in [4.69, 9.17) is 0 Å². The van der Waals surface area contributed by atoms with Crippen LogP contribution in [0.25, 0.3) is 0 Å². The van der Waals surface area contributed by atoms with Gasteiger partial charge in [0.25, 0.3) is 5.91 Å². The molecular weight excluding hydrogens is 376 g/mol. The zero-order valence-electron chi connectivity index (χ0n) is 15.2. The van der Waals surface area contributed by atoms with Crippen LogP contribution >= 0.6 is 0 Å². The highest BCUT2D eigenvalue weighted by Gasteiger charge is 2.18. The number of para-hydroxylation sites is 2. The largest absolute Gasteiger partial charge is 0.506 e. The molecule has 0 unspecified atom stereocenters. The molecule has 144 valence electrons. The van der Waals surface area contributed by atoms with Gasteiger partial charge in [-0.05, 0) is 42.3 Å². The minimum Gasteiger partial charge on any atom is -0.506 e. The third-order valence-electron chi connectivity index (χ3n) is 4.23. The molecular formula is C21H20N2O4S. The Hall–Kier alpha value is -3.16. The topological polar surface area (TPSA) is 95.5 Å². The maximum absolute atomic E-state index is 12.6. The fraction of sp³-hybridized carbons (Fsp3) is 0.0952. The van der Waals surface area contributed by atoms with Crippen LogP contribution in [0.5, 0.6) is 5.75 Å². The molecule has 0 radical (unpaired) electrons. The molecule has 7 heteroatoms. The zero-order chi connectivity index (χ0) is 20.1. The fourth-order valence-electron chi connectivity index (χ4n) is 2.64. The number of hydrogen-bond donors (Lipinski definition) is 3. The second kappa shape index (κ2) is 8.24. The number of nitrogens with one attached hydrogen (secondary N) is 2. The number of phenols is 1. The Balaban J connectivity index is 1.82. The standard InChI is InChI=1S/C21H20N2O4S/c1-15-11-12-17(28(26,27)22-14-16-7-3-2-4-8-16)13-18(15)21(25)23-19-9-5-6-10-20(19)24/h2-13,22,24H,14H2,1H3,(H,23,25). The van der Waals surface area contributed by atoms with Crippen molar-refractivity contribution in [3.8, 4) is 5.75 Å². The number of anilines is 1. The molecule has 0 aliphatic rings. The third-order valence-corrected chi connectivity index (χ3v) is 5.62. The number of benzene rings is 3. The fourth-order valence-corrected chi connectivity index (χ4v) is 3.68. The number of rotatable bonds is 6. The molecule has 0 saturated heterocycles. The Morgan fingerprint density at radius 3 is 2.36 bits per heavy atom. The van der Waals surface area contributed by atoms with Crippen molar-refractivity contribution >= 4 is 21.6 Å². The van der Waals surface area contributed by atoms with Crippen LogP contribution in [0, 0.1) is 6.92 Å². The predicted molar refractivity (Wildman–Crippen MR) is 108 cm³/mol. The van der Waals surface area contributed by atoms with Crippen LogP contribution < -0.4 is 10.0 Å². The van der Waals surface area contributed by atoms with E-state index in [1.54, 1.807) is 31.2 Å². The summed E-state index contributed by atoms with van der Waals surface area (Å²) >= 11 is 0. The molecule has 0 fully saturated rings. The maximum Gasteiger partial charge on any atom is 0.256 e. The van der Waals surface area contributed by atoms with E-state index < -0.39 is 15.9 Å². The van der Waals surface area contributed by atoms with Crippen molar-refractivity contribution in [1.29, 1.82) is 0 Å². The van der Waals surface area contributed by atoms with E-state index in [2.05, 4.69) is 10.0 Å². The molecule has 0 saturated carbocycles. The minimum atomic E-state index is -3.79. The van der Waals surface area contributed by atoms with Gasteiger partial charge >= 0.3 is 0 Å². The lowest BCUT2D eigenvalue weighted by Gasteiger charge is -2.12. The Bertz CT molecular complexity index is 1100. The number of amides is 1. The highest BCUT2D eigenvalue weighted by Crippen LogP contribution is 2.23. The highest BCUT2D eigenvalue weighted by molar-refractivity contribution is 7.89. The second-order valence-corrected chi connectivity index (χ2v) is 8.03. The van der Waals surface area contributed by atoms with Gasteiger partial charge in [-0.1, -0.05) is 48.5 Å². The first-order valence-electron chi connectivity index (χ1n) is 8.60. The molecule has 28 heavy (non-hydrogen) atoms. The lowest BCUT2D eigenvalue weighted by molar-refractivity contribution is 0.102. The summed E-state index contributed by atoms with van der Waals surface area (Å²) in [5.74, 6) is -0.569. The van der Waals surface area contributed by atoms with E-state index >= 15 is 0 Å². The van der Waals surface area contributed by atoms with Crippen LogP contribution in [-0.2, 0) is 16.6 Å². The lowest BCUT2D eigenvalue weighted by atomic mass is 10.1. The van der Waals surface area contributed by atoms with Crippen molar-refractivity contribution in [3.63, 3.8) is 0 Å². The number of sulfonamides is 1. The Labute approximate surface area is 163 Å². The van der Waals surface area contributed by atoms with Gasteiger partial charge in [0.2, 0.25) is 10.0 Å². The van der Waals surface area contributed by atoms with E-state index in [-0.39, 0.29) is 28.4 Å². The van der Waals surface area contributed by atoms with Gasteiger partial charge in [0.05, 0.1) is 10.6 Å². The van der Waals surface area contributed by atoms with E-state index in [9.17, 15) is 18.3 Å². The highest BCUT2D eigenvalue weighted by atomic mass is 32.2. The first-order chi connectivity index (χ1) is 13.4. The second-order valence-electron chi connectivity index (χ2n) is 6.26. The smallest absolute Gasteiger partial charge is 0.256 e.